The summed E-state index contributed by atoms with van der Waals surface area (Å²) in [6, 6.07) is 1.41. The van der Waals surface area contributed by atoms with Crippen LogP contribution in [0.15, 0.2) is 24.3 Å². The molecule has 0 atom stereocenters. The Morgan fingerprint density at radius 3 is 1.75 bits per heavy atom. The number of ketones is 1. The first-order valence-electron chi connectivity index (χ1n) is 5.15. The van der Waals surface area contributed by atoms with Crippen molar-refractivity contribution in [3.05, 3.63) is 69.5 Å². The lowest BCUT2D eigenvalue weighted by Crippen LogP contribution is -2.09. The smallest absolute Gasteiger partial charge is 0.199 e. The van der Waals surface area contributed by atoms with Gasteiger partial charge in [0.25, 0.3) is 0 Å². The van der Waals surface area contributed by atoms with Crippen LogP contribution in [0.25, 0.3) is 0 Å². The molecule has 2 aromatic rings. The highest BCUT2D eigenvalue weighted by molar-refractivity contribution is 6.30. The number of hydrogen-bond acceptors (Lipinski definition) is 1. The third-order valence-electron chi connectivity index (χ3n) is 2.51. The molecule has 0 fully saturated rings. The Bertz CT molecular complexity index is 655. The van der Waals surface area contributed by atoms with E-state index in [9.17, 15) is 26.7 Å². The summed E-state index contributed by atoms with van der Waals surface area (Å²) in [6.45, 7) is 0. The first-order valence-corrected chi connectivity index (χ1v) is 5.53. The molecule has 0 saturated heterocycles. The highest BCUT2D eigenvalue weighted by Gasteiger charge is 2.22. The van der Waals surface area contributed by atoms with Gasteiger partial charge in [0.15, 0.2) is 17.4 Å². The molecule has 20 heavy (non-hydrogen) atoms. The van der Waals surface area contributed by atoms with Crippen LogP contribution in [0, 0.1) is 29.1 Å². The SMILES string of the molecule is O=C(c1cc(F)c(F)cc1F)c1cc(F)c(Cl)cc1F. The maximum atomic E-state index is 13.5. The number of carbonyl (C=O) groups is 1. The maximum absolute atomic E-state index is 13.5. The van der Waals surface area contributed by atoms with E-state index in [0.29, 0.717) is 12.1 Å². The zero-order chi connectivity index (χ0) is 15.0. The molecule has 0 unspecified atom stereocenters. The first-order chi connectivity index (χ1) is 9.31. The highest BCUT2D eigenvalue weighted by Crippen LogP contribution is 2.23. The maximum Gasteiger partial charge on any atom is 0.199 e. The van der Waals surface area contributed by atoms with E-state index in [4.69, 9.17) is 11.6 Å². The molecule has 0 aliphatic heterocycles. The molecule has 0 spiro atoms. The van der Waals surface area contributed by atoms with Crippen LogP contribution in [0.1, 0.15) is 15.9 Å². The van der Waals surface area contributed by atoms with Crippen molar-refractivity contribution in [1.29, 1.82) is 0 Å². The van der Waals surface area contributed by atoms with Gasteiger partial charge in [0.1, 0.15) is 17.5 Å². The lowest BCUT2D eigenvalue weighted by molar-refractivity contribution is 0.103. The Kier molecular flexibility index (Phi) is 3.76. The molecule has 104 valence electrons. The minimum Gasteiger partial charge on any atom is -0.288 e. The second-order valence-corrected chi connectivity index (χ2v) is 4.23. The van der Waals surface area contributed by atoms with Crippen molar-refractivity contribution in [2.75, 3.05) is 0 Å². The molecule has 0 N–H and O–H groups in total. The summed E-state index contributed by atoms with van der Waals surface area (Å²) < 4.78 is 65.9. The molecule has 0 amide bonds. The van der Waals surface area contributed by atoms with Crippen LogP contribution < -0.4 is 0 Å². The van der Waals surface area contributed by atoms with Gasteiger partial charge >= 0.3 is 0 Å². The van der Waals surface area contributed by atoms with Gasteiger partial charge in [-0.3, -0.25) is 4.79 Å². The molecule has 2 aromatic carbocycles. The van der Waals surface area contributed by atoms with E-state index in [1.165, 1.54) is 0 Å². The monoisotopic (exact) mass is 306 g/mol. The second-order valence-electron chi connectivity index (χ2n) is 3.82. The lowest BCUT2D eigenvalue weighted by atomic mass is 10.0. The van der Waals surface area contributed by atoms with Crippen molar-refractivity contribution in [3.63, 3.8) is 0 Å². The average Bonchev–Trinajstić information content (AvgIpc) is 2.37. The minimum absolute atomic E-state index is 0.146. The molecular formula is C13H4ClF5O. The van der Waals surface area contributed by atoms with Gasteiger partial charge < -0.3 is 0 Å². The molecule has 0 heterocycles. The second kappa shape index (κ2) is 5.20. The molecular weight excluding hydrogens is 303 g/mol. The molecule has 0 saturated carbocycles. The van der Waals surface area contributed by atoms with Crippen molar-refractivity contribution in [1.82, 2.24) is 0 Å². The van der Waals surface area contributed by atoms with Gasteiger partial charge in [0.05, 0.1) is 16.1 Å². The quantitative estimate of drug-likeness (QED) is 0.460. The van der Waals surface area contributed by atoms with Crippen molar-refractivity contribution in [3.8, 4) is 0 Å². The molecule has 0 aromatic heterocycles. The van der Waals surface area contributed by atoms with E-state index in [2.05, 4.69) is 0 Å². The summed E-state index contributed by atoms with van der Waals surface area (Å²) in [4.78, 5) is 11.8. The molecule has 0 bridgehead atoms. The summed E-state index contributed by atoms with van der Waals surface area (Å²) in [5.74, 6) is -7.99. The van der Waals surface area contributed by atoms with Crippen molar-refractivity contribution in [2.24, 2.45) is 0 Å². The van der Waals surface area contributed by atoms with Gasteiger partial charge in [-0.15, -0.1) is 0 Å². The summed E-state index contributed by atoms with van der Waals surface area (Å²) >= 11 is 5.30. The van der Waals surface area contributed by atoms with Gasteiger partial charge in [-0.2, -0.15) is 0 Å². The predicted molar refractivity (Wildman–Crippen MR) is 61.1 cm³/mol. The Balaban J connectivity index is 2.57. The fourth-order valence-corrected chi connectivity index (χ4v) is 1.69. The third kappa shape index (κ3) is 2.51. The van der Waals surface area contributed by atoms with Gasteiger partial charge in [0, 0.05) is 6.07 Å². The Morgan fingerprint density at radius 2 is 1.15 bits per heavy atom. The van der Waals surface area contributed by atoms with Crippen LogP contribution in [0.5, 0.6) is 0 Å². The van der Waals surface area contributed by atoms with E-state index in [-0.39, 0.29) is 12.1 Å². The van der Waals surface area contributed by atoms with Gasteiger partial charge in [-0.05, 0) is 18.2 Å². The number of hydrogen-bond donors (Lipinski definition) is 0. The molecule has 1 nitrogen and oxygen atoms in total. The van der Waals surface area contributed by atoms with E-state index in [0.717, 1.165) is 0 Å². The lowest BCUT2D eigenvalue weighted by Gasteiger charge is -2.06. The summed E-state index contributed by atoms with van der Waals surface area (Å²) in [7, 11) is 0. The summed E-state index contributed by atoms with van der Waals surface area (Å²) in [6.07, 6.45) is 0. The number of rotatable bonds is 2. The normalized spacial score (nSPS) is 10.7. The van der Waals surface area contributed by atoms with Crippen molar-refractivity contribution < 1.29 is 26.7 Å². The highest BCUT2D eigenvalue weighted by atomic mass is 35.5. The first kappa shape index (κ1) is 14.5. The Hall–Kier alpha value is -1.95. The Labute approximate surface area is 114 Å². The molecule has 2 rings (SSSR count). The molecule has 0 aliphatic carbocycles. The fourth-order valence-electron chi connectivity index (χ4n) is 1.54. The van der Waals surface area contributed by atoms with Gasteiger partial charge in [-0.25, -0.2) is 22.0 Å². The van der Waals surface area contributed by atoms with Crippen LogP contribution in [0.3, 0.4) is 0 Å². The van der Waals surface area contributed by atoms with E-state index >= 15 is 0 Å². The minimum atomic E-state index is -1.50. The van der Waals surface area contributed by atoms with Gasteiger partial charge in [-0.1, -0.05) is 11.6 Å². The zero-order valence-corrected chi connectivity index (χ0v) is 10.2. The fraction of sp³-hybridized carbons (Fsp3) is 0. The third-order valence-corrected chi connectivity index (χ3v) is 2.80. The average molecular weight is 307 g/mol. The van der Waals surface area contributed by atoms with Crippen LogP contribution in [-0.4, -0.2) is 5.78 Å². The van der Waals surface area contributed by atoms with Crippen LogP contribution in [0.4, 0.5) is 22.0 Å². The van der Waals surface area contributed by atoms with Crippen molar-refractivity contribution in [2.45, 2.75) is 0 Å². The van der Waals surface area contributed by atoms with E-state index in [1.807, 2.05) is 0 Å². The predicted octanol–water partition coefficient (Wildman–Crippen LogP) is 4.27. The van der Waals surface area contributed by atoms with Gasteiger partial charge in [0.2, 0.25) is 0 Å². The number of carbonyl (C=O) groups excluding carboxylic acids is 1. The summed E-state index contributed by atoms with van der Waals surface area (Å²) in [5.41, 5.74) is -1.75. The van der Waals surface area contributed by atoms with Crippen LogP contribution >= 0.6 is 11.6 Å². The van der Waals surface area contributed by atoms with E-state index in [1.54, 1.807) is 0 Å². The summed E-state index contributed by atoms with van der Waals surface area (Å²) in [5, 5.41) is -0.565. The van der Waals surface area contributed by atoms with E-state index < -0.39 is 51.0 Å². The molecule has 0 aliphatic rings. The zero-order valence-electron chi connectivity index (χ0n) is 9.49. The Morgan fingerprint density at radius 1 is 0.700 bits per heavy atom. The van der Waals surface area contributed by atoms with Crippen molar-refractivity contribution >= 4 is 17.4 Å². The van der Waals surface area contributed by atoms with Crippen LogP contribution in [0.2, 0.25) is 5.02 Å². The largest absolute Gasteiger partial charge is 0.288 e. The number of halogens is 6. The topological polar surface area (TPSA) is 17.1 Å². The number of benzene rings is 2. The molecule has 0 radical (unpaired) electrons. The molecule has 7 heteroatoms. The van der Waals surface area contributed by atoms with Crippen LogP contribution in [-0.2, 0) is 0 Å². The standard InChI is InChI=1S/C13H4ClF5O/c14-7-3-8(15)5(1-10(7)17)13(20)6-2-11(18)12(19)4-9(6)16/h1-4H.